The lowest BCUT2D eigenvalue weighted by molar-refractivity contribution is 0.486. The lowest BCUT2D eigenvalue weighted by Gasteiger charge is -2.21. The van der Waals surface area contributed by atoms with Crippen LogP contribution in [0.1, 0.15) is 30.4 Å². The summed E-state index contributed by atoms with van der Waals surface area (Å²) >= 11 is 0. The Morgan fingerprint density at radius 3 is 2.80 bits per heavy atom. The van der Waals surface area contributed by atoms with Crippen LogP contribution in [0.2, 0.25) is 0 Å². The predicted molar refractivity (Wildman–Crippen MR) is 115 cm³/mol. The molecule has 1 aliphatic rings. The number of nitrogens with one attached hydrogen (secondary N) is 1. The quantitative estimate of drug-likeness (QED) is 0.429. The number of likely N-dealkylation sites (tertiary alicyclic amines) is 1. The van der Waals surface area contributed by atoms with E-state index < -0.39 is 0 Å². The first-order valence-corrected chi connectivity index (χ1v) is 8.84. The number of halogens is 1. The van der Waals surface area contributed by atoms with Crippen molar-refractivity contribution in [1.82, 2.24) is 15.2 Å². The van der Waals surface area contributed by atoms with Crippen LogP contribution in [0.5, 0.6) is 0 Å². The summed E-state index contributed by atoms with van der Waals surface area (Å²) in [5.74, 6) is 1.65. The van der Waals surface area contributed by atoms with Gasteiger partial charge in [-0.2, -0.15) is 0 Å². The third-order valence-electron chi connectivity index (χ3n) is 4.48. The van der Waals surface area contributed by atoms with Crippen molar-refractivity contribution in [2.24, 2.45) is 4.99 Å². The number of nitrogens with zero attached hydrogens (tertiary/aromatic N) is 3. The maximum absolute atomic E-state index is 4.82. The molecule has 25 heavy (non-hydrogen) atoms. The van der Waals surface area contributed by atoms with Gasteiger partial charge in [0.25, 0.3) is 0 Å². The fourth-order valence-electron chi connectivity index (χ4n) is 3.21. The van der Waals surface area contributed by atoms with E-state index in [9.17, 15) is 0 Å². The van der Waals surface area contributed by atoms with Crippen LogP contribution in [0.3, 0.4) is 0 Å². The maximum Gasteiger partial charge on any atom is 0.193 e. The van der Waals surface area contributed by atoms with Crippen molar-refractivity contribution in [2.45, 2.75) is 25.7 Å². The van der Waals surface area contributed by atoms with Crippen molar-refractivity contribution >= 4 is 29.9 Å². The molecule has 0 aliphatic carbocycles. The second-order valence-corrected chi connectivity index (χ2v) is 6.19. The largest absolute Gasteiger partial charge is 0.357 e. The van der Waals surface area contributed by atoms with Crippen molar-refractivity contribution in [3.63, 3.8) is 0 Å². The van der Waals surface area contributed by atoms with E-state index >= 15 is 0 Å². The molecule has 1 aromatic heterocycles. The zero-order chi connectivity index (χ0) is 16.6. The average molecular weight is 450 g/mol. The number of aliphatic imine (C=N–C) groups is 1. The van der Waals surface area contributed by atoms with Crippen LogP contribution in [0.4, 0.5) is 0 Å². The van der Waals surface area contributed by atoms with Gasteiger partial charge in [-0.1, -0.05) is 36.4 Å². The lowest BCUT2D eigenvalue weighted by Crippen LogP contribution is -2.40. The van der Waals surface area contributed by atoms with Crippen LogP contribution in [0.25, 0.3) is 0 Å². The van der Waals surface area contributed by atoms with E-state index in [4.69, 9.17) is 4.99 Å². The first-order chi connectivity index (χ1) is 11.9. The Labute approximate surface area is 167 Å². The minimum Gasteiger partial charge on any atom is -0.357 e. The summed E-state index contributed by atoms with van der Waals surface area (Å²) in [6, 6.07) is 14.9. The Kier molecular flexibility index (Phi) is 8.18. The predicted octanol–water partition coefficient (Wildman–Crippen LogP) is 3.70. The highest BCUT2D eigenvalue weighted by Crippen LogP contribution is 2.26. The van der Waals surface area contributed by atoms with Gasteiger partial charge in [-0.25, -0.2) is 0 Å². The number of hydrogen-bond acceptors (Lipinski definition) is 2. The number of aromatic nitrogens is 1. The van der Waals surface area contributed by atoms with E-state index in [0.717, 1.165) is 38.6 Å². The van der Waals surface area contributed by atoms with Crippen LogP contribution in [0.15, 0.2) is 59.9 Å². The molecule has 0 spiro atoms. The Hall–Kier alpha value is -1.63. The van der Waals surface area contributed by atoms with Crippen molar-refractivity contribution < 1.29 is 0 Å². The summed E-state index contributed by atoms with van der Waals surface area (Å²) < 4.78 is 0. The minimum absolute atomic E-state index is 0. The fraction of sp³-hybridized carbons (Fsp3) is 0.400. The van der Waals surface area contributed by atoms with Gasteiger partial charge in [-0.15, -0.1) is 24.0 Å². The van der Waals surface area contributed by atoms with E-state index in [-0.39, 0.29) is 24.0 Å². The average Bonchev–Trinajstić information content (AvgIpc) is 3.13. The molecule has 5 heteroatoms. The van der Waals surface area contributed by atoms with E-state index in [1.807, 2.05) is 18.5 Å². The topological polar surface area (TPSA) is 40.5 Å². The second kappa shape index (κ2) is 10.4. The molecule has 2 aromatic rings. The molecule has 0 radical (unpaired) electrons. The molecule has 2 heterocycles. The highest BCUT2D eigenvalue weighted by molar-refractivity contribution is 14.0. The molecule has 1 saturated heterocycles. The summed E-state index contributed by atoms with van der Waals surface area (Å²) in [5.41, 5.74) is 2.67. The van der Waals surface area contributed by atoms with Crippen molar-refractivity contribution in [1.29, 1.82) is 0 Å². The first kappa shape index (κ1) is 19.7. The van der Waals surface area contributed by atoms with E-state index in [1.54, 1.807) is 0 Å². The van der Waals surface area contributed by atoms with Gasteiger partial charge in [0.05, 0.1) is 0 Å². The molecule has 1 atom stereocenters. The lowest BCUT2D eigenvalue weighted by atomic mass is 9.99. The Morgan fingerprint density at radius 1 is 1.24 bits per heavy atom. The smallest absolute Gasteiger partial charge is 0.193 e. The summed E-state index contributed by atoms with van der Waals surface area (Å²) in [4.78, 5) is 11.4. The van der Waals surface area contributed by atoms with Crippen molar-refractivity contribution in [2.75, 3.05) is 26.2 Å². The van der Waals surface area contributed by atoms with E-state index in [1.165, 1.54) is 17.5 Å². The van der Waals surface area contributed by atoms with Crippen molar-refractivity contribution in [3.05, 3.63) is 66.0 Å². The Morgan fingerprint density at radius 2 is 2.08 bits per heavy atom. The molecule has 1 fully saturated rings. The van der Waals surface area contributed by atoms with Crippen LogP contribution in [0, 0.1) is 0 Å². The number of benzene rings is 1. The third kappa shape index (κ3) is 5.70. The fourth-order valence-corrected chi connectivity index (χ4v) is 3.21. The highest BCUT2D eigenvalue weighted by atomic mass is 127. The number of hydrogen-bond donors (Lipinski definition) is 1. The maximum atomic E-state index is 4.82. The standard InChI is InChI=1S/C20H26N4.HI/c1-2-22-20(23-13-10-17-7-6-12-21-15-17)24-14-11-19(16-24)18-8-4-3-5-9-18;/h3-9,12,15,19H,2,10-11,13-14,16H2,1H3,(H,22,23);1H. The molecule has 1 aliphatic heterocycles. The van der Waals surface area contributed by atoms with Crippen LogP contribution >= 0.6 is 24.0 Å². The highest BCUT2D eigenvalue weighted by Gasteiger charge is 2.25. The zero-order valence-electron chi connectivity index (χ0n) is 14.8. The second-order valence-electron chi connectivity index (χ2n) is 6.19. The van der Waals surface area contributed by atoms with Crippen molar-refractivity contribution in [3.8, 4) is 0 Å². The van der Waals surface area contributed by atoms with E-state index in [0.29, 0.717) is 5.92 Å². The molecule has 4 nitrogen and oxygen atoms in total. The number of pyridine rings is 1. The molecule has 3 rings (SSSR count). The zero-order valence-corrected chi connectivity index (χ0v) is 17.1. The third-order valence-corrected chi connectivity index (χ3v) is 4.48. The molecule has 0 saturated carbocycles. The molecule has 1 aromatic carbocycles. The normalized spacial score (nSPS) is 17.2. The van der Waals surface area contributed by atoms with Gasteiger partial charge in [0.1, 0.15) is 0 Å². The van der Waals surface area contributed by atoms with Gasteiger partial charge in [0.15, 0.2) is 5.96 Å². The van der Waals surface area contributed by atoms with Gasteiger partial charge in [0, 0.05) is 44.5 Å². The minimum atomic E-state index is 0. The molecule has 1 unspecified atom stereocenters. The van der Waals surface area contributed by atoms with Crippen LogP contribution in [-0.2, 0) is 6.42 Å². The molecule has 1 N–H and O–H groups in total. The molecule has 0 bridgehead atoms. The first-order valence-electron chi connectivity index (χ1n) is 8.84. The molecule has 0 amide bonds. The van der Waals surface area contributed by atoms with E-state index in [2.05, 4.69) is 58.5 Å². The summed E-state index contributed by atoms with van der Waals surface area (Å²) in [6.07, 6.45) is 5.85. The monoisotopic (exact) mass is 450 g/mol. The van der Waals surface area contributed by atoms with Crippen LogP contribution < -0.4 is 5.32 Å². The number of guanidine groups is 1. The van der Waals surface area contributed by atoms with Gasteiger partial charge in [0.2, 0.25) is 0 Å². The van der Waals surface area contributed by atoms with Crippen LogP contribution in [-0.4, -0.2) is 42.0 Å². The Balaban J connectivity index is 0.00000225. The Bertz CT molecular complexity index is 645. The summed E-state index contributed by atoms with van der Waals surface area (Å²) in [7, 11) is 0. The van der Waals surface area contributed by atoms with Gasteiger partial charge in [-0.05, 0) is 37.0 Å². The van der Waals surface area contributed by atoms with Gasteiger partial charge in [-0.3, -0.25) is 9.98 Å². The molecule has 134 valence electrons. The summed E-state index contributed by atoms with van der Waals surface area (Å²) in [6.45, 7) is 5.93. The molecular formula is C20H27IN4. The summed E-state index contributed by atoms with van der Waals surface area (Å²) in [5, 5.41) is 3.44. The van der Waals surface area contributed by atoms with Gasteiger partial charge < -0.3 is 10.2 Å². The SMILES string of the molecule is CCNC(=NCCc1cccnc1)N1CCC(c2ccccc2)C1.I. The van der Waals surface area contributed by atoms with Gasteiger partial charge >= 0.3 is 0 Å². The molecular weight excluding hydrogens is 423 g/mol. The number of rotatable bonds is 5.